The van der Waals surface area contributed by atoms with E-state index in [1.165, 1.54) is 0 Å². The minimum Gasteiger partial charge on any atom is -0.497 e. The van der Waals surface area contributed by atoms with Crippen molar-refractivity contribution < 1.29 is 18.1 Å². The van der Waals surface area contributed by atoms with E-state index in [-0.39, 0.29) is 17.5 Å². The highest BCUT2D eigenvalue weighted by molar-refractivity contribution is 7.91. The summed E-state index contributed by atoms with van der Waals surface area (Å²) in [6.45, 7) is 0. The number of rotatable bonds is 4. The van der Waals surface area contributed by atoms with E-state index in [1.54, 1.807) is 13.2 Å². The van der Waals surface area contributed by atoms with Gasteiger partial charge in [-0.2, -0.15) is 5.26 Å². The fraction of sp³-hybridized carbons (Fsp3) is 0.294. The lowest BCUT2D eigenvalue weighted by molar-refractivity contribution is -0.348. The number of nitrogens with one attached hydrogen (secondary N) is 2. The normalized spacial score (nSPS) is 18.8. The first kappa shape index (κ1) is 16.3. The molecular weight excluding hydrogens is 326 g/mol. The molecule has 1 aliphatic rings. The van der Waals surface area contributed by atoms with Crippen molar-refractivity contribution in [2.45, 2.75) is 12.5 Å². The maximum Gasteiger partial charge on any atom is 0.291 e. The molecule has 0 bridgehead atoms. The van der Waals surface area contributed by atoms with Crippen molar-refractivity contribution in [3.63, 3.8) is 0 Å². The van der Waals surface area contributed by atoms with Crippen LogP contribution in [0.1, 0.15) is 12.0 Å². The van der Waals surface area contributed by atoms with Gasteiger partial charge in [0.15, 0.2) is 9.84 Å². The van der Waals surface area contributed by atoms with Gasteiger partial charge in [0.1, 0.15) is 29.1 Å². The van der Waals surface area contributed by atoms with E-state index in [1.807, 2.05) is 30.3 Å². The fourth-order valence-electron chi connectivity index (χ4n) is 2.75. The molecular formula is C17H18N3O3S+. The molecule has 1 atom stereocenters. The molecule has 1 fully saturated rings. The van der Waals surface area contributed by atoms with Crippen LogP contribution in [0.15, 0.2) is 36.4 Å². The van der Waals surface area contributed by atoms with Crippen LogP contribution < -0.4 is 15.0 Å². The molecule has 6 nitrogen and oxygen atoms in total. The van der Waals surface area contributed by atoms with Crippen LogP contribution in [0.3, 0.4) is 0 Å². The summed E-state index contributed by atoms with van der Waals surface area (Å²) in [5, 5.41) is 12.4. The van der Waals surface area contributed by atoms with Crippen LogP contribution in [-0.2, 0) is 9.84 Å². The molecule has 2 N–H and O–H groups in total. The van der Waals surface area contributed by atoms with Gasteiger partial charge in [-0.15, -0.1) is 0 Å². The summed E-state index contributed by atoms with van der Waals surface area (Å²) in [5.74, 6) is 1.60. The Hall–Kier alpha value is -2.59. The predicted octanol–water partition coefficient (Wildman–Crippen LogP) is 1.65. The first-order valence-corrected chi connectivity index (χ1v) is 9.41. The fourth-order valence-corrected chi connectivity index (χ4v) is 4.43. The number of H-pyrrole nitrogens is 1. The Kier molecular flexibility index (Phi) is 4.40. The Bertz CT molecular complexity index is 886. The van der Waals surface area contributed by atoms with Crippen molar-refractivity contribution in [3.05, 3.63) is 42.0 Å². The van der Waals surface area contributed by atoms with Gasteiger partial charge in [-0.25, -0.2) is 13.4 Å². The maximum atomic E-state index is 11.6. The van der Waals surface area contributed by atoms with Crippen LogP contribution in [0.5, 0.6) is 5.75 Å². The van der Waals surface area contributed by atoms with Gasteiger partial charge >= 0.3 is 0 Å². The second-order valence-electron chi connectivity index (χ2n) is 5.75. The molecule has 3 rings (SSSR count). The molecule has 0 aliphatic carbocycles. The molecule has 124 valence electrons. The zero-order valence-electron chi connectivity index (χ0n) is 13.2. The van der Waals surface area contributed by atoms with Crippen LogP contribution in [0, 0.1) is 11.3 Å². The summed E-state index contributed by atoms with van der Waals surface area (Å²) in [5.41, 5.74) is 2.24. The lowest BCUT2D eigenvalue weighted by atomic mass is 10.1. The number of pyridine rings is 1. The Morgan fingerprint density at radius 1 is 1.25 bits per heavy atom. The van der Waals surface area contributed by atoms with Gasteiger partial charge in [-0.1, -0.05) is 0 Å². The van der Waals surface area contributed by atoms with E-state index in [4.69, 9.17) is 4.74 Å². The van der Waals surface area contributed by atoms with Crippen molar-refractivity contribution in [1.82, 2.24) is 0 Å². The van der Waals surface area contributed by atoms with Crippen molar-refractivity contribution >= 4 is 15.7 Å². The topological polar surface area (TPSA) is 93.3 Å². The SMILES string of the molecule is COc1ccc(-c2ccc(C#N)c(N[C@@H]3CCS(=O)(=O)C3)[nH+]2)cc1. The minimum absolute atomic E-state index is 0.0957. The zero-order chi connectivity index (χ0) is 17.2. The molecule has 1 saturated heterocycles. The Morgan fingerprint density at radius 2 is 2.00 bits per heavy atom. The van der Waals surface area contributed by atoms with Crippen LogP contribution >= 0.6 is 0 Å². The van der Waals surface area contributed by atoms with Crippen LogP contribution in [0.25, 0.3) is 11.3 Å². The molecule has 0 spiro atoms. The van der Waals surface area contributed by atoms with Crippen molar-refractivity contribution in [3.8, 4) is 23.1 Å². The number of hydrogen-bond acceptors (Lipinski definition) is 5. The van der Waals surface area contributed by atoms with Gasteiger partial charge in [-0.05, 0) is 36.4 Å². The van der Waals surface area contributed by atoms with Crippen molar-refractivity contribution in [2.24, 2.45) is 0 Å². The van der Waals surface area contributed by atoms with Gasteiger partial charge in [0.05, 0.1) is 18.6 Å². The maximum absolute atomic E-state index is 11.6. The molecule has 1 aromatic carbocycles. The summed E-state index contributed by atoms with van der Waals surface area (Å²) in [6.07, 6.45) is 0.549. The first-order valence-electron chi connectivity index (χ1n) is 7.58. The van der Waals surface area contributed by atoms with Crippen molar-refractivity contribution in [2.75, 3.05) is 23.9 Å². The summed E-state index contributed by atoms with van der Waals surface area (Å²) >= 11 is 0. The average Bonchev–Trinajstić information content (AvgIpc) is 2.93. The lowest BCUT2D eigenvalue weighted by Crippen LogP contribution is -2.27. The van der Waals surface area contributed by atoms with Crippen LogP contribution in [-0.4, -0.2) is 33.1 Å². The third-order valence-electron chi connectivity index (χ3n) is 4.05. The molecule has 0 unspecified atom stereocenters. The Morgan fingerprint density at radius 3 is 2.58 bits per heavy atom. The molecule has 0 saturated carbocycles. The molecule has 0 radical (unpaired) electrons. The van der Waals surface area contributed by atoms with Gasteiger partial charge in [0, 0.05) is 12.0 Å². The van der Waals surface area contributed by atoms with Crippen LogP contribution in [0.4, 0.5) is 5.82 Å². The number of methoxy groups -OCH3 is 1. The number of nitrogens with zero attached hydrogens (tertiary/aromatic N) is 1. The van der Waals surface area contributed by atoms with E-state index in [0.29, 0.717) is 17.8 Å². The van der Waals surface area contributed by atoms with E-state index < -0.39 is 9.84 Å². The summed E-state index contributed by atoms with van der Waals surface area (Å²) in [4.78, 5) is 3.20. The number of sulfone groups is 1. The molecule has 24 heavy (non-hydrogen) atoms. The highest BCUT2D eigenvalue weighted by atomic mass is 32.2. The second kappa shape index (κ2) is 6.49. The van der Waals surface area contributed by atoms with E-state index in [0.717, 1.165) is 17.0 Å². The largest absolute Gasteiger partial charge is 0.497 e. The molecule has 0 amide bonds. The van der Waals surface area contributed by atoms with E-state index in [9.17, 15) is 13.7 Å². The number of aromatic amines is 1. The number of nitriles is 1. The quantitative estimate of drug-likeness (QED) is 0.910. The molecule has 1 aromatic heterocycles. The number of aromatic nitrogens is 1. The van der Waals surface area contributed by atoms with Gasteiger partial charge in [0.2, 0.25) is 0 Å². The molecule has 1 aliphatic heterocycles. The van der Waals surface area contributed by atoms with Crippen molar-refractivity contribution in [1.29, 1.82) is 5.26 Å². The average molecular weight is 344 g/mol. The second-order valence-corrected chi connectivity index (χ2v) is 7.97. The summed E-state index contributed by atoms with van der Waals surface area (Å²) < 4.78 is 28.4. The monoisotopic (exact) mass is 344 g/mol. The smallest absolute Gasteiger partial charge is 0.291 e. The highest BCUT2D eigenvalue weighted by Crippen LogP contribution is 2.22. The zero-order valence-corrected chi connectivity index (χ0v) is 14.1. The number of anilines is 1. The first-order chi connectivity index (χ1) is 11.5. The number of benzene rings is 1. The van der Waals surface area contributed by atoms with E-state index in [2.05, 4.69) is 16.4 Å². The third-order valence-corrected chi connectivity index (χ3v) is 5.82. The van der Waals surface area contributed by atoms with Crippen LogP contribution in [0.2, 0.25) is 0 Å². The lowest BCUT2D eigenvalue weighted by Gasteiger charge is -2.08. The Balaban J connectivity index is 1.89. The third kappa shape index (κ3) is 3.49. The standard InChI is InChI=1S/C17H17N3O3S/c1-23-15-5-2-12(3-6-15)16-7-4-13(10-18)17(20-16)19-14-8-9-24(21,22)11-14/h2-7,14H,8-9,11H2,1H3,(H,19,20)/p+1/t14-/m1/s1. The number of ether oxygens (including phenoxy) is 1. The minimum atomic E-state index is -2.98. The highest BCUT2D eigenvalue weighted by Gasteiger charge is 2.32. The number of hydrogen-bond donors (Lipinski definition) is 1. The molecule has 2 heterocycles. The summed E-state index contributed by atoms with van der Waals surface area (Å²) in [6, 6.07) is 13.1. The Labute approximate surface area is 141 Å². The van der Waals surface area contributed by atoms with E-state index >= 15 is 0 Å². The summed E-state index contributed by atoms with van der Waals surface area (Å²) in [7, 11) is -1.37. The molecule has 7 heteroatoms. The molecule has 2 aromatic rings. The van der Waals surface area contributed by atoms with Gasteiger partial charge in [-0.3, -0.25) is 5.32 Å². The van der Waals surface area contributed by atoms with Gasteiger partial charge < -0.3 is 4.74 Å². The van der Waals surface area contributed by atoms with Gasteiger partial charge in [0.25, 0.3) is 5.82 Å². The predicted molar refractivity (Wildman–Crippen MR) is 90.4 cm³/mol.